The first kappa shape index (κ1) is 74.6. The van der Waals surface area contributed by atoms with E-state index in [1.807, 2.05) is 0 Å². The molecule has 0 saturated carbocycles. The summed E-state index contributed by atoms with van der Waals surface area (Å²) in [5.74, 6) is -0.921. The summed E-state index contributed by atoms with van der Waals surface area (Å²) < 4.78 is 16.9. The summed E-state index contributed by atoms with van der Waals surface area (Å²) in [7, 11) is 0. The molecule has 6 nitrogen and oxygen atoms in total. The van der Waals surface area contributed by atoms with Crippen molar-refractivity contribution in [2.24, 2.45) is 0 Å². The molecule has 0 aromatic rings. The van der Waals surface area contributed by atoms with E-state index in [9.17, 15) is 14.4 Å². The highest BCUT2D eigenvalue weighted by Gasteiger charge is 2.19. The maximum absolute atomic E-state index is 12.9. The minimum Gasteiger partial charge on any atom is -0.462 e. The second-order valence-electron chi connectivity index (χ2n) is 22.3. The van der Waals surface area contributed by atoms with Gasteiger partial charge in [-0.2, -0.15) is 0 Å². The zero-order chi connectivity index (χ0) is 56.4. The summed E-state index contributed by atoms with van der Waals surface area (Å²) in [4.78, 5) is 38.3. The maximum Gasteiger partial charge on any atom is 0.306 e. The van der Waals surface area contributed by atoms with Crippen LogP contribution in [0.3, 0.4) is 0 Å². The van der Waals surface area contributed by atoms with E-state index in [-0.39, 0.29) is 31.1 Å². The fourth-order valence-electron chi connectivity index (χ4n) is 9.58. The average Bonchev–Trinajstić information content (AvgIpc) is 3.44. The molecule has 1 atom stereocenters. The first-order valence-electron chi connectivity index (χ1n) is 33.6. The van der Waals surface area contributed by atoms with Crippen molar-refractivity contribution < 1.29 is 28.6 Å². The van der Waals surface area contributed by atoms with E-state index in [4.69, 9.17) is 14.2 Å². The van der Waals surface area contributed by atoms with Gasteiger partial charge in [0.2, 0.25) is 0 Å². The Bertz CT molecular complexity index is 1480. The van der Waals surface area contributed by atoms with Crippen molar-refractivity contribution in [1.29, 1.82) is 0 Å². The molecular weight excluding hydrogens is 961 g/mol. The third kappa shape index (κ3) is 63.4. The van der Waals surface area contributed by atoms with Crippen molar-refractivity contribution in [3.05, 3.63) is 85.1 Å². The Labute approximate surface area is 484 Å². The first-order valence-corrected chi connectivity index (χ1v) is 33.6. The Kier molecular flexibility index (Phi) is 63.2. The lowest BCUT2D eigenvalue weighted by Gasteiger charge is -2.18. The van der Waals surface area contributed by atoms with Crippen LogP contribution in [0.25, 0.3) is 0 Å². The van der Waals surface area contributed by atoms with Gasteiger partial charge in [0.15, 0.2) is 6.10 Å². The SMILES string of the molecule is CC/C=C\C/C=C\C/C=C\CCCCCC(=O)OCC(COC(=O)CCCCCCCCCCCCCCCCCCCCC/C=C\C/C=C\CCCCCCC)OC(=O)CCCCCCC/C=C\C/C=C\CCCCCC. The molecule has 0 fully saturated rings. The Morgan fingerprint density at radius 1 is 0.269 bits per heavy atom. The number of rotatable bonds is 61. The van der Waals surface area contributed by atoms with Crippen molar-refractivity contribution in [3.63, 3.8) is 0 Å². The maximum atomic E-state index is 12.9. The minimum absolute atomic E-state index is 0.0894. The van der Waals surface area contributed by atoms with E-state index in [0.29, 0.717) is 19.3 Å². The van der Waals surface area contributed by atoms with E-state index >= 15 is 0 Å². The number of ether oxygens (including phenoxy) is 3. The molecule has 0 amide bonds. The largest absolute Gasteiger partial charge is 0.462 e. The molecule has 0 N–H and O–H groups in total. The van der Waals surface area contributed by atoms with E-state index in [1.165, 1.54) is 180 Å². The molecule has 6 heteroatoms. The van der Waals surface area contributed by atoms with Crippen LogP contribution >= 0.6 is 0 Å². The van der Waals surface area contributed by atoms with E-state index in [1.54, 1.807) is 0 Å². The Balaban J connectivity index is 4.19. The summed E-state index contributed by atoms with van der Waals surface area (Å²) >= 11 is 0. The molecule has 0 aromatic carbocycles. The van der Waals surface area contributed by atoms with Crippen molar-refractivity contribution in [2.75, 3.05) is 13.2 Å². The van der Waals surface area contributed by atoms with Crippen LogP contribution in [0.1, 0.15) is 335 Å². The molecule has 0 saturated heterocycles. The molecule has 0 rings (SSSR count). The zero-order valence-corrected chi connectivity index (χ0v) is 51.7. The highest BCUT2D eigenvalue weighted by atomic mass is 16.6. The summed E-state index contributed by atoms with van der Waals surface area (Å²) in [5, 5.41) is 0. The van der Waals surface area contributed by atoms with Gasteiger partial charge in [0.1, 0.15) is 13.2 Å². The van der Waals surface area contributed by atoms with Gasteiger partial charge in [-0.25, -0.2) is 0 Å². The normalized spacial score (nSPS) is 12.6. The molecule has 0 aliphatic heterocycles. The summed E-state index contributed by atoms with van der Waals surface area (Å²) in [6, 6.07) is 0. The third-order valence-electron chi connectivity index (χ3n) is 14.6. The summed E-state index contributed by atoms with van der Waals surface area (Å²) in [6.07, 6.45) is 87.6. The smallest absolute Gasteiger partial charge is 0.306 e. The lowest BCUT2D eigenvalue weighted by atomic mass is 10.0. The van der Waals surface area contributed by atoms with Gasteiger partial charge in [-0.05, 0) is 116 Å². The van der Waals surface area contributed by atoms with E-state index < -0.39 is 6.10 Å². The predicted octanol–water partition coefficient (Wildman–Crippen LogP) is 23.1. The van der Waals surface area contributed by atoms with Crippen molar-refractivity contribution in [2.45, 2.75) is 341 Å². The number of carbonyl (C=O) groups excluding carboxylic acids is 3. The standard InChI is InChI=1S/C72H126O6/c1-4-7-10-13-16-19-22-25-27-29-30-31-32-33-34-35-36-37-38-39-40-41-42-43-45-47-50-53-56-59-62-65-71(74)77-68-69(67-76-70(73)64-61-58-55-52-49-46-24-21-18-15-12-9-6-3)78-72(75)66-63-60-57-54-51-48-44-28-26-23-20-17-14-11-8-5-2/h9,12,18,20-23,25,28-30,44,46,49,69H,4-8,10-11,13-17,19,24,26-27,31-43,45,47-48,50-68H2,1-3H3/b12-9-,21-18-,23-20-,25-22-,30-29-,44-28-,49-46-. The first-order chi connectivity index (χ1) is 38.5. The average molecular weight is 1090 g/mol. The fraction of sp³-hybridized carbons (Fsp3) is 0.764. The molecule has 0 spiro atoms. The molecule has 0 heterocycles. The van der Waals surface area contributed by atoms with Gasteiger partial charge in [-0.1, -0.05) is 286 Å². The third-order valence-corrected chi connectivity index (χ3v) is 14.6. The fourth-order valence-corrected chi connectivity index (χ4v) is 9.58. The molecule has 1 unspecified atom stereocenters. The molecule has 78 heavy (non-hydrogen) atoms. The van der Waals surface area contributed by atoms with Crippen LogP contribution in [0.15, 0.2) is 85.1 Å². The van der Waals surface area contributed by atoms with Crippen LogP contribution in [0, 0.1) is 0 Å². The second-order valence-corrected chi connectivity index (χ2v) is 22.3. The van der Waals surface area contributed by atoms with Crippen LogP contribution in [0.2, 0.25) is 0 Å². The van der Waals surface area contributed by atoms with Gasteiger partial charge >= 0.3 is 17.9 Å². The van der Waals surface area contributed by atoms with Gasteiger partial charge in [0, 0.05) is 19.3 Å². The Morgan fingerprint density at radius 3 is 0.808 bits per heavy atom. The number of esters is 3. The lowest BCUT2D eigenvalue weighted by molar-refractivity contribution is -0.167. The van der Waals surface area contributed by atoms with Gasteiger partial charge in [-0.15, -0.1) is 0 Å². The molecule has 0 aliphatic carbocycles. The van der Waals surface area contributed by atoms with E-state index in [0.717, 1.165) is 116 Å². The molecule has 0 bridgehead atoms. The predicted molar refractivity (Wildman–Crippen MR) is 339 cm³/mol. The van der Waals surface area contributed by atoms with Gasteiger partial charge in [0.05, 0.1) is 0 Å². The molecule has 450 valence electrons. The number of hydrogen-bond acceptors (Lipinski definition) is 6. The zero-order valence-electron chi connectivity index (χ0n) is 51.7. The second kappa shape index (κ2) is 66.1. The molecule has 0 aromatic heterocycles. The summed E-state index contributed by atoms with van der Waals surface area (Å²) in [5.41, 5.74) is 0. The molecule has 0 aliphatic rings. The van der Waals surface area contributed by atoms with Crippen LogP contribution < -0.4 is 0 Å². The van der Waals surface area contributed by atoms with Gasteiger partial charge in [0.25, 0.3) is 0 Å². The minimum atomic E-state index is -0.796. The van der Waals surface area contributed by atoms with Crippen LogP contribution in [-0.2, 0) is 28.6 Å². The van der Waals surface area contributed by atoms with Crippen LogP contribution in [0.4, 0.5) is 0 Å². The number of hydrogen-bond donors (Lipinski definition) is 0. The van der Waals surface area contributed by atoms with E-state index in [2.05, 4.69) is 106 Å². The van der Waals surface area contributed by atoms with Crippen molar-refractivity contribution >= 4 is 17.9 Å². The lowest BCUT2D eigenvalue weighted by Crippen LogP contribution is -2.30. The highest BCUT2D eigenvalue weighted by molar-refractivity contribution is 5.71. The van der Waals surface area contributed by atoms with Gasteiger partial charge in [-0.3, -0.25) is 14.4 Å². The van der Waals surface area contributed by atoms with Crippen LogP contribution in [0.5, 0.6) is 0 Å². The van der Waals surface area contributed by atoms with Crippen LogP contribution in [-0.4, -0.2) is 37.2 Å². The van der Waals surface area contributed by atoms with Crippen molar-refractivity contribution in [1.82, 2.24) is 0 Å². The number of unbranched alkanes of at least 4 members (excludes halogenated alkanes) is 36. The Hall–Kier alpha value is -3.41. The Morgan fingerprint density at radius 2 is 0.500 bits per heavy atom. The monoisotopic (exact) mass is 1090 g/mol. The topological polar surface area (TPSA) is 78.9 Å². The van der Waals surface area contributed by atoms with Crippen molar-refractivity contribution in [3.8, 4) is 0 Å². The van der Waals surface area contributed by atoms with Gasteiger partial charge < -0.3 is 14.2 Å². The molecular formula is C72H126O6. The summed E-state index contributed by atoms with van der Waals surface area (Å²) in [6.45, 7) is 6.49. The quantitative estimate of drug-likeness (QED) is 0.0261. The number of allylic oxidation sites excluding steroid dienone is 14. The molecule has 0 radical (unpaired) electrons. The number of carbonyl (C=O) groups is 3. The highest BCUT2D eigenvalue weighted by Crippen LogP contribution is 2.17.